The number of fused-ring (bicyclic) bond motifs is 2. The fraction of sp³-hybridized carbons (Fsp3) is 0.348. The van der Waals surface area contributed by atoms with E-state index in [-0.39, 0.29) is 35.7 Å². The third kappa shape index (κ3) is 11.6. The molecule has 0 N–H and O–H groups in total. The SMILES string of the molecule is CCCC(C)c1cc2c(-c3ccc(C(C)(C)C)cc3)cccc2[cH-]1.CCc1cc2c(-c3ccc(C(C)C)cc3)cccc2[cH-]1.C[Si](C)=[Zr+2].[Cl-].[Cl-]. The van der Waals surface area contributed by atoms with Crippen LogP contribution in [0.3, 0.4) is 0 Å². The summed E-state index contributed by atoms with van der Waals surface area (Å²) in [6, 6.07) is 40.8. The fourth-order valence-corrected chi connectivity index (χ4v) is 6.34. The Morgan fingerprint density at radius 3 is 1.62 bits per heavy atom. The third-order valence-electron chi connectivity index (χ3n) is 9.23. The molecule has 0 spiro atoms. The Morgan fingerprint density at radius 1 is 0.680 bits per heavy atom. The van der Waals surface area contributed by atoms with Crippen molar-refractivity contribution in [2.24, 2.45) is 0 Å². The van der Waals surface area contributed by atoms with E-state index in [1.807, 2.05) is 0 Å². The van der Waals surface area contributed by atoms with E-state index in [1.165, 1.54) is 78.9 Å². The van der Waals surface area contributed by atoms with E-state index in [4.69, 9.17) is 0 Å². The van der Waals surface area contributed by atoms with Gasteiger partial charge in [-0.15, -0.1) is 69.1 Å². The van der Waals surface area contributed by atoms with Crippen molar-refractivity contribution < 1.29 is 48.1 Å². The molecule has 0 saturated heterocycles. The predicted molar refractivity (Wildman–Crippen MR) is 213 cm³/mol. The maximum atomic E-state index is 2.41. The van der Waals surface area contributed by atoms with Gasteiger partial charge in [0.25, 0.3) is 0 Å². The Kier molecular flexibility index (Phi) is 17.7. The number of rotatable bonds is 7. The average Bonchev–Trinajstić information content (AvgIpc) is 3.69. The molecule has 264 valence electrons. The Hall–Kier alpha value is -2.22. The molecule has 0 aliphatic carbocycles. The van der Waals surface area contributed by atoms with Gasteiger partial charge in [-0.2, -0.15) is 12.1 Å². The Bertz CT molecular complexity index is 1910. The van der Waals surface area contributed by atoms with Gasteiger partial charge < -0.3 is 24.8 Å². The van der Waals surface area contributed by atoms with Gasteiger partial charge in [0.05, 0.1) is 0 Å². The molecular weight excluding hydrogens is 743 g/mol. The van der Waals surface area contributed by atoms with Crippen LogP contribution in [0, 0.1) is 0 Å². The molecule has 0 saturated carbocycles. The standard InChI is InChI=1S/C24H29.C20H21.C2H6Si.2ClH.Zr/c1-6-8-17(2)20-15-19-9-7-10-22(23(19)16-20)18-11-13-21(14-12-18)24(3,4)5;1-4-15-12-18-6-5-7-19(20(18)13-15)17-10-8-16(9-11-17)14(2)3;1-3-2;;;/h7,9-17H,6,8H2,1-5H3;5-14H,4H2,1-3H3;1-2H3;2*1H;/q2*-1;;;;+2/p-2. The van der Waals surface area contributed by atoms with Crippen LogP contribution in [-0.2, 0) is 35.2 Å². The van der Waals surface area contributed by atoms with Crippen LogP contribution in [0.25, 0.3) is 43.8 Å². The van der Waals surface area contributed by atoms with Gasteiger partial charge >= 0.3 is 41.9 Å². The summed E-state index contributed by atoms with van der Waals surface area (Å²) in [7, 11) is 0. The zero-order chi connectivity index (χ0) is 35.0. The van der Waals surface area contributed by atoms with Crippen LogP contribution in [0.2, 0.25) is 13.1 Å². The maximum absolute atomic E-state index is 2.41. The molecule has 0 heterocycles. The first-order valence-electron chi connectivity index (χ1n) is 17.9. The number of aryl methyl sites for hydroxylation is 1. The molecule has 6 rings (SSSR count). The van der Waals surface area contributed by atoms with Gasteiger partial charge in [0.1, 0.15) is 0 Å². The van der Waals surface area contributed by atoms with Gasteiger partial charge in [-0.25, -0.2) is 0 Å². The molecule has 6 aromatic carbocycles. The van der Waals surface area contributed by atoms with E-state index >= 15 is 0 Å². The Morgan fingerprint density at radius 2 is 1.16 bits per heavy atom. The van der Waals surface area contributed by atoms with Gasteiger partial charge in [-0.1, -0.05) is 134 Å². The molecule has 6 aromatic rings. The second-order valence-electron chi connectivity index (χ2n) is 14.9. The summed E-state index contributed by atoms with van der Waals surface area (Å²) in [6.07, 6.45) is 3.59. The van der Waals surface area contributed by atoms with E-state index in [0.29, 0.717) is 11.8 Å². The van der Waals surface area contributed by atoms with Crippen LogP contribution in [-0.4, -0.2) is 5.43 Å². The van der Waals surface area contributed by atoms with Crippen molar-refractivity contribution in [3.05, 3.63) is 131 Å². The molecule has 4 heteroatoms. The van der Waals surface area contributed by atoms with E-state index in [1.54, 1.807) is 23.3 Å². The number of halogens is 2. The van der Waals surface area contributed by atoms with Crippen LogP contribution < -0.4 is 24.8 Å². The summed E-state index contributed by atoms with van der Waals surface area (Å²) < 4.78 is 0. The molecule has 0 fully saturated rings. The van der Waals surface area contributed by atoms with Crippen LogP contribution in [0.4, 0.5) is 0 Å². The van der Waals surface area contributed by atoms with Crippen LogP contribution in [0.1, 0.15) is 102 Å². The molecule has 0 aromatic heterocycles. The second-order valence-corrected chi connectivity index (χ2v) is 24.3. The first kappa shape index (κ1) is 43.9. The molecule has 0 bridgehead atoms. The smallest absolute Gasteiger partial charge is 1.00 e. The summed E-state index contributed by atoms with van der Waals surface area (Å²) >= 11 is 1.74. The van der Waals surface area contributed by atoms with Gasteiger partial charge in [-0.3, -0.25) is 0 Å². The molecule has 0 aliphatic rings. The van der Waals surface area contributed by atoms with Crippen molar-refractivity contribution in [2.45, 2.75) is 105 Å². The molecule has 0 amide bonds. The van der Waals surface area contributed by atoms with Crippen LogP contribution in [0.5, 0.6) is 0 Å². The summed E-state index contributed by atoms with van der Waals surface area (Å²) in [5.41, 5.74) is 11.4. The molecule has 1 unspecified atom stereocenters. The zero-order valence-electron chi connectivity index (χ0n) is 31.9. The van der Waals surface area contributed by atoms with Gasteiger partial charge in [0, 0.05) is 0 Å². The van der Waals surface area contributed by atoms with Gasteiger partial charge in [0.15, 0.2) is 0 Å². The van der Waals surface area contributed by atoms with E-state index in [2.05, 4.69) is 178 Å². The van der Waals surface area contributed by atoms with Gasteiger partial charge in [-0.05, 0) is 52.3 Å². The van der Waals surface area contributed by atoms with Crippen molar-refractivity contribution >= 4 is 27.0 Å². The predicted octanol–water partition coefficient (Wildman–Crippen LogP) is 8.13. The quantitative estimate of drug-likeness (QED) is 0.113. The van der Waals surface area contributed by atoms with E-state index < -0.39 is 0 Å². The topological polar surface area (TPSA) is 0 Å². The first-order valence-corrected chi connectivity index (χ1v) is 24.1. The maximum Gasteiger partial charge on any atom is -1.00 e. The number of hydrogen-bond acceptors (Lipinski definition) is 0. The Balaban J connectivity index is 0.000000306. The summed E-state index contributed by atoms with van der Waals surface area (Å²) in [4.78, 5) is 0. The molecule has 0 nitrogen and oxygen atoms in total. The summed E-state index contributed by atoms with van der Waals surface area (Å²) in [5.74, 6) is 1.23. The van der Waals surface area contributed by atoms with E-state index in [0.717, 1.165) is 6.42 Å². The monoisotopic (exact) mass is 796 g/mol. The minimum atomic E-state index is 0. The summed E-state index contributed by atoms with van der Waals surface area (Å²) in [5, 5.41) is 5.48. The van der Waals surface area contributed by atoms with Crippen molar-refractivity contribution in [1.29, 1.82) is 0 Å². The minimum absolute atomic E-state index is 0. The van der Waals surface area contributed by atoms with Crippen LogP contribution in [0.15, 0.2) is 109 Å². The minimum Gasteiger partial charge on any atom is -1.00 e. The fourth-order valence-electron chi connectivity index (χ4n) is 6.34. The molecule has 50 heavy (non-hydrogen) atoms. The van der Waals surface area contributed by atoms with Crippen molar-refractivity contribution in [1.82, 2.24) is 0 Å². The molecule has 0 radical (unpaired) electrons. The number of benzene rings is 4. The van der Waals surface area contributed by atoms with Gasteiger partial charge in [0.2, 0.25) is 0 Å². The van der Waals surface area contributed by atoms with Crippen LogP contribution >= 0.6 is 0 Å². The van der Waals surface area contributed by atoms with Crippen molar-refractivity contribution in [3.63, 3.8) is 0 Å². The third-order valence-corrected chi connectivity index (χ3v) is 9.23. The number of hydrogen-bond donors (Lipinski definition) is 0. The first-order chi connectivity index (χ1) is 22.8. The largest absolute Gasteiger partial charge is 1.00 e. The molecular formula is C46H56Cl2SiZr-2. The second kappa shape index (κ2) is 20.1. The van der Waals surface area contributed by atoms with Crippen molar-refractivity contribution in [3.8, 4) is 22.3 Å². The van der Waals surface area contributed by atoms with Crippen molar-refractivity contribution in [2.75, 3.05) is 0 Å². The normalized spacial score (nSPS) is 11.5. The Labute approximate surface area is 331 Å². The average molecular weight is 799 g/mol. The molecule has 0 aliphatic heterocycles. The molecule has 1 atom stereocenters. The zero-order valence-corrected chi connectivity index (χ0v) is 36.9. The van der Waals surface area contributed by atoms with E-state index in [9.17, 15) is 0 Å². The summed E-state index contributed by atoms with van der Waals surface area (Å²) in [6.45, 7) is 22.7.